The highest BCUT2D eigenvalue weighted by Gasteiger charge is 2.14. The van der Waals surface area contributed by atoms with Gasteiger partial charge < -0.3 is 9.57 Å². The maximum Gasteiger partial charge on any atom is 0.126 e. The Labute approximate surface area is 197 Å². The van der Waals surface area contributed by atoms with E-state index in [1.165, 1.54) is 0 Å². The van der Waals surface area contributed by atoms with Crippen LogP contribution in [0.15, 0.2) is 47.6 Å². The fourth-order valence-corrected chi connectivity index (χ4v) is 3.45. The van der Waals surface area contributed by atoms with Gasteiger partial charge in [0.25, 0.3) is 0 Å². The maximum absolute atomic E-state index is 6.03. The molecular weight excluding hydrogens is 412 g/mol. The molecule has 0 spiro atoms. The Morgan fingerprint density at radius 1 is 1.00 bits per heavy atom. The van der Waals surface area contributed by atoms with Gasteiger partial charge in [-0.3, -0.25) is 15.0 Å². The largest absolute Gasteiger partial charge is 0.491 e. The van der Waals surface area contributed by atoms with E-state index in [1.807, 2.05) is 77.1 Å². The molecule has 0 unspecified atom stereocenters. The summed E-state index contributed by atoms with van der Waals surface area (Å²) in [7, 11) is 0. The molecule has 0 aliphatic carbocycles. The first kappa shape index (κ1) is 24.4. The van der Waals surface area contributed by atoms with Crippen molar-refractivity contribution in [2.75, 3.05) is 6.61 Å². The average molecular weight is 447 g/mol. The first-order valence-electron chi connectivity index (χ1n) is 11.6. The smallest absolute Gasteiger partial charge is 0.126 e. The van der Waals surface area contributed by atoms with E-state index in [2.05, 4.69) is 17.1 Å². The molecule has 0 N–H and O–H groups in total. The van der Waals surface area contributed by atoms with Crippen LogP contribution in [0.2, 0.25) is 0 Å². The van der Waals surface area contributed by atoms with Gasteiger partial charge in [-0.15, -0.1) is 0 Å². The Morgan fingerprint density at radius 3 is 2.52 bits per heavy atom. The van der Waals surface area contributed by atoms with E-state index in [-0.39, 0.29) is 6.10 Å². The van der Waals surface area contributed by atoms with Gasteiger partial charge in [0, 0.05) is 28.7 Å². The quantitative estimate of drug-likeness (QED) is 0.221. The second-order valence-corrected chi connectivity index (χ2v) is 8.40. The van der Waals surface area contributed by atoms with Gasteiger partial charge in [0.05, 0.1) is 23.2 Å². The lowest BCUT2D eigenvalue weighted by atomic mass is 10.1. The number of aryl methyl sites for hydroxylation is 3. The van der Waals surface area contributed by atoms with E-state index in [4.69, 9.17) is 19.5 Å². The van der Waals surface area contributed by atoms with Crippen LogP contribution in [0.4, 0.5) is 0 Å². The van der Waals surface area contributed by atoms with Crippen LogP contribution in [-0.2, 0) is 17.7 Å². The Bertz CT molecular complexity index is 1110. The SMILES string of the molecule is CCc1cc(OC(C)C)c(C)c(-c2cccc(CCCON=C(C)c3cccc(C)n3)n2)n1. The predicted octanol–water partition coefficient (Wildman–Crippen LogP) is 5.88. The van der Waals surface area contributed by atoms with Crippen molar-refractivity contribution in [1.82, 2.24) is 15.0 Å². The molecule has 33 heavy (non-hydrogen) atoms. The summed E-state index contributed by atoms with van der Waals surface area (Å²) >= 11 is 0. The Kier molecular flexibility index (Phi) is 8.52. The molecule has 0 aliphatic rings. The standard InChI is InChI=1S/C27H34N4O2/c1-7-22-17-26(33-18(2)3)20(5)27(30-22)25-15-9-12-23(29-25)13-10-16-32-31-21(6)24-14-8-11-19(4)28-24/h8-9,11-12,14-15,17-18H,7,10,13,16H2,1-6H3. The molecule has 3 aromatic heterocycles. The molecule has 0 aliphatic heterocycles. The van der Waals surface area contributed by atoms with Crippen LogP contribution >= 0.6 is 0 Å². The third-order valence-electron chi connectivity index (χ3n) is 5.18. The van der Waals surface area contributed by atoms with Gasteiger partial charge >= 0.3 is 0 Å². The van der Waals surface area contributed by atoms with Crippen molar-refractivity contribution >= 4 is 5.71 Å². The molecule has 3 aromatic rings. The van der Waals surface area contributed by atoms with Crippen LogP contribution in [0.1, 0.15) is 62.5 Å². The van der Waals surface area contributed by atoms with Crippen LogP contribution in [0, 0.1) is 13.8 Å². The summed E-state index contributed by atoms with van der Waals surface area (Å²) in [6, 6.07) is 14.0. The predicted molar refractivity (Wildman–Crippen MR) is 133 cm³/mol. The summed E-state index contributed by atoms with van der Waals surface area (Å²) in [4.78, 5) is 19.7. The maximum atomic E-state index is 6.03. The van der Waals surface area contributed by atoms with E-state index in [1.54, 1.807) is 0 Å². The van der Waals surface area contributed by atoms with Gasteiger partial charge in [0.1, 0.15) is 18.1 Å². The van der Waals surface area contributed by atoms with Crippen LogP contribution in [0.25, 0.3) is 11.4 Å². The fourth-order valence-electron chi connectivity index (χ4n) is 3.45. The summed E-state index contributed by atoms with van der Waals surface area (Å²) in [6.07, 6.45) is 2.57. The molecule has 0 atom stereocenters. The fraction of sp³-hybridized carbons (Fsp3) is 0.407. The second-order valence-electron chi connectivity index (χ2n) is 8.40. The van der Waals surface area contributed by atoms with Gasteiger partial charge in [-0.25, -0.2) is 0 Å². The average Bonchev–Trinajstić information content (AvgIpc) is 2.80. The molecule has 0 saturated carbocycles. The molecule has 3 rings (SSSR count). The normalized spacial score (nSPS) is 11.7. The summed E-state index contributed by atoms with van der Waals surface area (Å²) in [6.45, 7) is 12.6. The van der Waals surface area contributed by atoms with Crippen LogP contribution < -0.4 is 4.74 Å². The number of ether oxygens (including phenoxy) is 1. The number of pyridine rings is 3. The lowest BCUT2D eigenvalue weighted by Gasteiger charge is -2.16. The van der Waals surface area contributed by atoms with Gasteiger partial charge in [-0.1, -0.05) is 24.2 Å². The van der Waals surface area contributed by atoms with E-state index in [0.717, 1.165) is 70.5 Å². The number of aromatic nitrogens is 3. The minimum absolute atomic E-state index is 0.107. The number of nitrogens with zero attached hydrogens (tertiary/aromatic N) is 4. The van der Waals surface area contributed by atoms with Crippen molar-refractivity contribution in [3.05, 3.63) is 70.8 Å². The molecule has 0 bridgehead atoms. The van der Waals surface area contributed by atoms with Crippen molar-refractivity contribution in [3.8, 4) is 17.1 Å². The van der Waals surface area contributed by atoms with Crippen LogP contribution in [0.3, 0.4) is 0 Å². The number of rotatable bonds is 10. The van der Waals surface area contributed by atoms with Crippen LogP contribution in [0.5, 0.6) is 5.75 Å². The van der Waals surface area contributed by atoms with Crippen molar-refractivity contribution in [1.29, 1.82) is 0 Å². The molecule has 0 fully saturated rings. The summed E-state index contributed by atoms with van der Waals surface area (Å²) in [5, 5.41) is 4.21. The van der Waals surface area contributed by atoms with Gasteiger partial charge in [-0.2, -0.15) is 0 Å². The lowest BCUT2D eigenvalue weighted by molar-refractivity contribution is 0.141. The Balaban J connectivity index is 1.65. The summed E-state index contributed by atoms with van der Waals surface area (Å²) in [5.74, 6) is 0.879. The molecule has 0 aromatic carbocycles. The zero-order chi connectivity index (χ0) is 23.8. The van der Waals surface area contributed by atoms with Gasteiger partial charge in [-0.05, 0) is 78.1 Å². The highest BCUT2D eigenvalue weighted by atomic mass is 16.6. The monoisotopic (exact) mass is 446 g/mol. The number of hydrogen-bond donors (Lipinski definition) is 0. The number of hydrogen-bond acceptors (Lipinski definition) is 6. The molecule has 6 nitrogen and oxygen atoms in total. The third kappa shape index (κ3) is 6.85. The zero-order valence-corrected chi connectivity index (χ0v) is 20.6. The minimum atomic E-state index is 0.107. The highest BCUT2D eigenvalue weighted by Crippen LogP contribution is 2.29. The molecule has 174 valence electrons. The molecule has 0 saturated heterocycles. The number of oxime groups is 1. The van der Waals surface area contributed by atoms with Crippen molar-refractivity contribution < 1.29 is 9.57 Å². The van der Waals surface area contributed by atoms with E-state index in [9.17, 15) is 0 Å². The van der Waals surface area contributed by atoms with E-state index < -0.39 is 0 Å². The highest BCUT2D eigenvalue weighted by molar-refractivity contribution is 5.96. The first-order chi connectivity index (χ1) is 15.9. The van der Waals surface area contributed by atoms with Crippen molar-refractivity contribution in [3.63, 3.8) is 0 Å². The summed E-state index contributed by atoms with van der Waals surface area (Å²) < 4.78 is 6.03. The topological polar surface area (TPSA) is 69.5 Å². The molecular formula is C27H34N4O2. The van der Waals surface area contributed by atoms with Gasteiger partial charge in [0.15, 0.2) is 0 Å². The molecule has 0 amide bonds. The van der Waals surface area contributed by atoms with Crippen molar-refractivity contribution in [2.45, 2.75) is 66.9 Å². The second kappa shape index (κ2) is 11.5. The first-order valence-corrected chi connectivity index (χ1v) is 11.6. The lowest BCUT2D eigenvalue weighted by Crippen LogP contribution is -2.09. The molecule has 3 heterocycles. The van der Waals surface area contributed by atoms with Crippen molar-refractivity contribution in [2.24, 2.45) is 5.16 Å². The Morgan fingerprint density at radius 2 is 1.79 bits per heavy atom. The van der Waals surface area contributed by atoms with E-state index in [0.29, 0.717) is 6.61 Å². The zero-order valence-electron chi connectivity index (χ0n) is 20.6. The van der Waals surface area contributed by atoms with Crippen LogP contribution in [-0.4, -0.2) is 33.4 Å². The van der Waals surface area contributed by atoms with E-state index >= 15 is 0 Å². The summed E-state index contributed by atoms with van der Waals surface area (Å²) in [5.41, 5.74) is 7.35. The minimum Gasteiger partial charge on any atom is -0.491 e. The molecule has 6 heteroatoms. The molecule has 0 radical (unpaired) electrons. The third-order valence-corrected chi connectivity index (χ3v) is 5.18. The van der Waals surface area contributed by atoms with Gasteiger partial charge in [0.2, 0.25) is 0 Å². The Hall–Kier alpha value is -3.28.